The standard InChI is InChI=1S/C23H27NO3S/c1-17-6-4-5-7-19(17)22-12-13-24(14-15-28-22)23(25)11-9-18-8-10-20(26-2)21(16-18)27-3/h4-11,16,22H,12-15H2,1-3H3/b11-9+. The zero-order chi connectivity index (χ0) is 19.9. The smallest absolute Gasteiger partial charge is 0.246 e. The average Bonchev–Trinajstić information content (AvgIpc) is 2.98. The zero-order valence-corrected chi connectivity index (χ0v) is 17.5. The lowest BCUT2D eigenvalue weighted by molar-refractivity contribution is -0.125. The van der Waals surface area contributed by atoms with Crippen LogP contribution in [-0.4, -0.2) is 43.9 Å². The number of hydrogen-bond acceptors (Lipinski definition) is 4. The maximum absolute atomic E-state index is 12.7. The highest BCUT2D eigenvalue weighted by atomic mass is 32.2. The molecule has 1 aliphatic rings. The fourth-order valence-corrected chi connectivity index (χ4v) is 4.74. The molecule has 2 aromatic carbocycles. The van der Waals surface area contributed by atoms with Crippen LogP contribution in [0.2, 0.25) is 0 Å². The normalized spacial score (nSPS) is 17.4. The summed E-state index contributed by atoms with van der Waals surface area (Å²) in [5.41, 5.74) is 3.63. The molecule has 0 bridgehead atoms. The lowest BCUT2D eigenvalue weighted by Crippen LogP contribution is -2.31. The summed E-state index contributed by atoms with van der Waals surface area (Å²) < 4.78 is 10.6. The van der Waals surface area contributed by atoms with E-state index in [4.69, 9.17) is 9.47 Å². The van der Waals surface area contributed by atoms with Gasteiger partial charge in [-0.2, -0.15) is 11.8 Å². The molecule has 28 heavy (non-hydrogen) atoms. The highest BCUT2D eigenvalue weighted by molar-refractivity contribution is 7.99. The molecule has 0 saturated carbocycles. The van der Waals surface area contributed by atoms with Crippen LogP contribution in [0.5, 0.6) is 11.5 Å². The van der Waals surface area contributed by atoms with Gasteiger partial charge in [0.1, 0.15) is 0 Å². The van der Waals surface area contributed by atoms with Gasteiger partial charge >= 0.3 is 0 Å². The van der Waals surface area contributed by atoms with Crippen molar-refractivity contribution in [3.05, 3.63) is 65.2 Å². The molecule has 1 fully saturated rings. The molecule has 1 atom stereocenters. The van der Waals surface area contributed by atoms with Crippen molar-refractivity contribution in [2.24, 2.45) is 0 Å². The number of thioether (sulfide) groups is 1. The third kappa shape index (κ3) is 4.90. The Morgan fingerprint density at radius 1 is 1.11 bits per heavy atom. The Morgan fingerprint density at radius 3 is 2.64 bits per heavy atom. The number of nitrogens with zero attached hydrogens (tertiary/aromatic N) is 1. The van der Waals surface area contributed by atoms with Crippen molar-refractivity contribution in [2.45, 2.75) is 18.6 Å². The number of rotatable bonds is 5. The largest absolute Gasteiger partial charge is 0.493 e. The van der Waals surface area contributed by atoms with Gasteiger partial charge in [0, 0.05) is 30.2 Å². The molecule has 5 heteroatoms. The predicted molar refractivity (Wildman–Crippen MR) is 116 cm³/mol. The summed E-state index contributed by atoms with van der Waals surface area (Å²) in [6.07, 6.45) is 4.46. The second kappa shape index (κ2) is 9.69. The van der Waals surface area contributed by atoms with Gasteiger partial charge in [-0.15, -0.1) is 0 Å². The first kappa shape index (κ1) is 20.3. The van der Waals surface area contributed by atoms with Gasteiger partial charge in [0.05, 0.1) is 14.2 Å². The van der Waals surface area contributed by atoms with Crippen molar-refractivity contribution < 1.29 is 14.3 Å². The van der Waals surface area contributed by atoms with Crippen molar-refractivity contribution in [1.29, 1.82) is 0 Å². The Hall–Kier alpha value is -2.40. The SMILES string of the molecule is COc1ccc(/C=C/C(=O)N2CCSC(c3ccccc3C)CC2)cc1OC. The molecular weight excluding hydrogens is 370 g/mol. The summed E-state index contributed by atoms with van der Waals surface area (Å²) in [4.78, 5) is 14.6. The van der Waals surface area contributed by atoms with Crippen molar-refractivity contribution in [1.82, 2.24) is 4.90 Å². The highest BCUT2D eigenvalue weighted by Crippen LogP contribution is 2.36. The molecule has 0 aromatic heterocycles. The molecule has 1 amide bonds. The van der Waals surface area contributed by atoms with Crippen molar-refractivity contribution >= 4 is 23.7 Å². The Morgan fingerprint density at radius 2 is 1.89 bits per heavy atom. The van der Waals surface area contributed by atoms with Crippen LogP contribution in [0.25, 0.3) is 6.08 Å². The first-order valence-corrected chi connectivity index (χ1v) is 10.5. The monoisotopic (exact) mass is 397 g/mol. The van der Waals surface area contributed by atoms with Gasteiger partial charge in [-0.25, -0.2) is 0 Å². The number of benzene rings is 2. The molecular formula is C23H27NO3S. The average molecular weight is 398 g/mol. The van der Waals surface area contributed by atoms with Crippen LogP contribution in [0.3, 0.4) is 0 Å². The third-order valence-electron chi connectivity index (χ3n) is 5.01. The van der Waals surface area contributed by atoms with E-state index in [1.807, 2.05) is 40.9 Å². The summed E-state index contributed by atoms with van der Waals surface area (Å²) in [7, 11) is 3.22. The number of ether oxygens (including phenoxy) is 2. The number of methoxy groups -OCH3 is 2. The molecule has 1 saturated heterocycles. The first-order chi connectivity index (χ1) is 13.6. The van der Waals surface area contributed by atoms with E-state index in [2.05, 4.69) is 31.2 Å². The van der Waals surface area contributed by atoms with E-state index in [0.717, 1.165) is 30.8 Å². The van der Waals surface area contributed by atoms with Crippen LogP contribution < -0.4 is 9.47 Å². The third-order valence-corrected chi connectivity index (χ3v) is 6.32. The van der Waals surface area contributed by atoms with Gasteiger partial charge in [0.15, 0.2) is 11.5 Å². The molecule has 1 aliphatic heterocycles. The number of carbonyl (C=O) groups excluding carboxylic acids is 1. The van der Waals surface area contributed by atoms with Crippen molar-refractivity contribution in [3.63, 3.8) is 0 Å². The quantitative estimate of drug-likeness (QED) is 0.684. The van der Waals surface area contributed by atoms with Crippen molar-refractivity contribution in [2.75, 3.05) is 33.1 Å². The minimum atomic E-state index is 0.0563. The summed E-state index contributed by atoms with van der Waals surface area (Å²) in [6.45, 7) is 3.72. The zero-order valence-electron chi connectivity index (χ0n) is 16.7. The highest BCUT2D eigenvalue weighted by Gasteiger charge is 2.21. The fraction of sp³-hybridized carbons (Fsp3) is 0.348. The molecule has 0 aliphatic carbocycles. The Balaban J connectivity index is 1.63. The summed E-state index contributed by atoms with van der Waals surface area (Å²) in [6, 6.07) is 14.2. The molecule has 148 valence electrons. The fourth-order valence-electron chi connectivity index (χ4n) is 3.42. The van der Waals surface area contributed by atoms with Gasteiger partial charge in [0.2, 0.25) is 5.91 Å². The van der Waals surface area contributed by atoms with Crippen LogP contribution in [-0.2, 0) is 4.79 Å². The molecule has 2 aromatic rings. The van der Waals surface area contributed by atoms with Gasteiger partial charge in [-0.05, 0) is 48.2 Å². The van der Waals surface area contributed by atoms with Crippen molar-refractivity contribution in [3.8, 4) is 11.5 Å². The van der Waals surface area contributed by atoms with E-state index < -0.39 is 0 Å². The summed E-state index contributed by atoms with van der Waals surface area (Å²) in [5.74, 6) is 2.34. The second-order valence-corrected chi connectivity index (χ2v) is 8.09. The lowest BCUT2D eigenvalue weighted by Gasteiger charge is -2.19. The number of aryl methyl sites for hydroxylation is 1. The predicted octanol–water partition coefficient (Wildman–Crippen LogP) is 4.73. The van der Waals surface area contributed by atoms with Crippen LogP contribution in [0.4, 0.5) is 0 Å². The molecule has 4 nitrogen and oxygen atoms in total. The second-order valence-electron chi connectivity index (χ2n) is 6.78. The van der Waals surface area contributed by atoms with Gasteiger partial charge in [-0.1, -0.05) is 30.3 Å². The van der Waals surface area contributed by atoms with E-state index in [-0.39, 0.29) is 5.91 Å². The summed E-state index contributed by atoms with van der Waals surface area (Å²) in [5, 5.41) is 0.453. The molecule has 0 N–H and O–H groups in total. The Kier molecular flexibility index (Phi) is 7.04. The molecule has 1 unspecified atom stereocenters. The van der Waals surface area contributed by atoms with Crippen LogP contribution in [0.15, 0.2) is 48.5 Å². The molecule has 1 heterocycles. The molecule has 0 spiro atoms. The lowest BCUT2D eigenvalue weighted by atomic mass is 10.0. The topological polar surface area (TPSA) is 38.8 Å². The minimum absolute atomic E-state index is 0.0563. The number of amides is 1. The van der Waals surface area contributed by atoms with E-state index in [1.165, 1.54) is 11.1 Å². The van der Waals surface area contributed by atoms with Crippen LogP contribution in [0, 0.1) is 6.92 Å². The van der Waals surface area contributed by atoms with Crippen LogP contribution >= 0.6 is 11.8 Å². The first-order valence-electron chi connectivity index (χ1n) is 9.48. The van der Waals surface area contributed by atoms with Crippen LogP contribution in [0.1, 0.15) is 28.4 Å². The van der Waals surface area contributed by atoms with E-state index >= 15 is 0 Å². The van der Waals surface area contributed by atoms with E-state index in [0.29, 0.717) is 16.7 Å². The van der Waals surface area contributed by atoms with Gasteiger partial charge < -0.3 is 14.4 Å². The van der Waals surface area contributed by atoms with Gasteiger partial charge in [0.25, 0.3) is 0 Å². The summed E-state index contributed by atoms with van der Waals surface area (Å²) >= 11 is 1.95. The van der Waals surface area contributed by atoms with E-state index in [1.54, 1.807) is 20.3 Å². The molecule has 0 radical (unpaired) electrons. The minimum Gasteiger partial charge on any atom is -0.493 e. The maximum atomic E-state index is 12.7. The Labute approximate surface area is 171 Å². The molecule has 3 rings (SSSR count). The number of hydrogen-bond donors (Lipinski definition) is 0. The number of carbonyl (C=O) groups is 1. The Bertz CT molecular complexity index is 849. The maximum Gasteiger partial charge on any atom is 0.246 e. The van der Waals surface area contributed by atoms with E-state index in [9.17, 15) is 4.79 Å². The van der Waals surface area contributed by atoms with Gasteiger partial charge in [-0.3, -0.25) is 4.79 Å².